The summed E-state index contributed by atoms with van der Waals surface area (Å²) in [5.41, 5.74) is 1.79. The van der Waals surface area contributed by atoms with Crippen molar-refractivity contribution in [3.8, 4) is 11.5 Å². The lowest BCUT2D eigenvalue weighted by Crippen LogP contribution is -2.58. The normalized spacial score (nSPS) is 12.0. The Morgan fingerprint density at radius 1 is 0.814 bits per heavy atom. The summed E-state index contributed by atoms with van der Waals surface area (Å²) >= 11 is 0. The van der Waals surface area contributed by atoms with Gasteiger partial charge in [0.25, 0.3) is 11.6 Å². The van der Waals surface area contributed by atoms with E-state index in [9.17, 15) is 24.3 Å². The number of benzene rings is 4. The average molecular weight is 603 g/mol. The minimum atomic E-state index is -4.46. The minimum absolute atomic E-state index is 0.0799. The fraction of sp³-hybridized carbons (Fsp3) is 0.161. The van der Waals surface area contributed by atoms with Crippen LogP contribution in [0.1, 0.15) is 42.5 Å². The standard InChI is InChI=1S/C31H31N4O7P/c1-31(2,3)34(29(36)23-14-7-4-8-15-23)33-30(37)32-28(24-16-13-17-25(22-24)35(38)39)43(40,41-26-18-9-5-10-19-26)42-27-20-11-6-12-21-27/h4-22,28H,1-3H3,(H2,32,33,37)/t28-/m1/s1. The van der Waals surface area contributed by atoms with Gasteiger partial charge in [-0.15, -0.1) is 0 Å². The molecule has 0 bridgehead atoms. The number of nitro groups is 1. The Hall–Kier alpha value is -5.15. The van der Waals surface area contributed by atoms with Crippen molar-refractivity contribution in [1.82, 2.24) is 15.8 Å². The van der Waals surface area contributed by atoms with Gasteiger partial charge in [-0.25, -0.2) is 19.8 Å². The molecule has 3 amide bonds. The third kappa shape index (κ3) is 7.99. The molecule has 0 aromatic heterocycles. The van der Waals surface area contributed by atoms with Crippen LogP contribution < -0.4 is 19.8 Å². The monoisotopic (exact) mass is 602 g/mol. The molecular formula is C31H31N4O7P. The zero-order chi connectivity index (χ0) is 31.0. The van der Waals surface area contributed by atoms with Gasteiger partial charge < -0.3 is 14.4 Å². The molecule has 4 aromatic carbocycles. The van der Waals surface area contributed by atoms with Crippen LogP contribution >= 0.6 is 7.60 Å². The largest absolute Gasteiger partial charge is 0.457 e. The molecule has 0 heterocycles. The molecule has 11 nitrogen and oxygen atoms in total. The summed E-state index contributed by atoms with van der Waals surface area (Å²) in [6.45, 7) is 5.19. The number of urea groups is 1. The quantitative estimate of drug-likeness (QED) is 0.118. The first-order valence-corrected chi connectivity index (χ1v) is 14.9. The number of amides is 3. The Morgan fingerprint density at radius 3 is 1.81 bits per heavy atom. The number of hydrazine groups is 1. The van der Waals surface area contributed by atoms with Crippen molar-refractivity contribution in [2.24, 2.45) is 0 Å². The number of hydrogen-bond acceptors (Lipinski definition) is 7. The molecule has 0 saturated carbocycles. The maximum atomic E-state index is 14.8. The fourth-order valence-corrected chi connectivity index (χ4v) is 5.91. The number of rotatable bonds is 9. The van der Waals surface area contributed by atoms with Gasteiger partial charge in [0, 0.05) is 17.7 Å². The molecule has 12 heteroatoms. The number of carbonyl (C=O) groups excluding carboxylic acids is 2. The van der Waals surface area contributed by atoms with E-state index < -0.39 is 35.8 Å². The molecule has 0 aliphatic carbocycles. The second-order valence-corrected chi connectivity index (χ2v) is 12.3. The third-order valence-corrected chi connectivity index (χ3v) is 8.03. The van der Waals surface area contributed by atoms with Gasteiger partial charge in [-0.2, -0.15) is 0 Å². The Morgan fingerprint density at radius 2 is 1.33 bits per heavy atom. The van der Waals surface area contributed by atoms with E-state index in [1.165, 1.54) is 24.3 Å². The average Bonchev–Trinajstić information content (AvgIpc) is 2.99. The van der Waals surface area contributed by atoms with E-state index >= 15 is 0 Å². The molecule has 0 radical (unpaired) electrons. The summed E-state index contributed by atoms with van der Waals surface area (Å²) in [7, 11) is -4.46. The van der Waals surface area contributed by atoms with Crippen LogP contribution in [0.2, 0.25) is 0 Å². The maximum absolute atomic E-state index is 14.8. The van der Waals surface area contributed by atoms with E-state index in [-0.39, 0.29) is 22.7 Å². The Kier molecular flexibility index (Phi) is 9.47. The molecule has 43 heavy (non-hydrogen) atoms. The van der Waals surface area contributed by atoms with E-state index in [1.807, 2.05) is 0 Å². The van der Waals surface area contributed by atoms with Gasteiger partial charge >= 0.3 is 13.6 Å². The van der Waals surface area contributed by atoms with Gasteiger partial charge in [0.1, 0.15) is 11.5 Å². The predicted octanol–water partition coefficient (Wildman–Crippen LogP) is 7.10. The van der Waals surface area contributed by atoms with Crippen LogP contribution in [0.4, 0.5) is 10.5 Å². The summed E-state index contributed by atoms with van der Waals surface area (Å²) in [5, 5.41) is 15.4. The van der Waals surface area contributed by atoms with Crippen LogP contribution in [-0.4, -0.2) is 27.4 Å². The van der Waals surface area contributed by atoms with Crippen molar-refractivity contribution in [2.45, 2.75) is 32.1 Å². The smallest absolute Gasteiger partial charge is 0.414 e. The summed E-state index contributed by atoms with van der Waals surface area (Å²) in [4.78, 5) is 38.0. The predicted molar refractivity (Wildman–Crippen MR) is 162 cm³/mol. The molecule has 4 aromatic rings. The first-order chi connectivity index (χ1) is 20.5. The van der Waals surface area contributed by atoms with Gasteiger partial charge in [0.15, 0.2) is 5.78 Å². The molecular weight excluding hydrogens is 571 g/mol. The van der Waals surface area contributed by atoms with Crippen molar-refractivity contribution >= 4 is 25.2 Å². The first kappa shape index (κ1) is 30.8. The van der Waals surface area contributed by atoms with Crippen LogP contribution in [0, 0.1) is 10.1 Å². The fourth-order valence-electron chi connectivity index (χ4n) is 4.02. The van der Waals surface area contributed by atoms with Crippen LogP contribution in [0.3, 0.4) is 0 Å². The van der Waals surface area contributed by atoms with Crippen LogP contribution in [-0.2, 0) is 4.57 Å². The summed E-state index contributed by atoms with van der Waals surface area (Å²) in [6.07, 6.45) is 0. The number of non-ortho nitro benzene ring substituents is 1. The van der Waals surface area contributed by atoms with E-state index in [2.05, 4.69) is 10.7 Å². The zero-order valence-corrected chi connectivity index (χ0v) is 24.6. The molecule has 2 N–H and O–H groups in total. The molecule has 4 rings (SSSR count). The third-order valence-electron chi connectivity index (χ3n) is 6.04. The van der Waals surface area contributed by atoms with Gasteiger partial charge in [-0.1, -0.05) is 66.7 Å². The van der Waals surface area contributed by atoms with Gasteiger partial charge in [0.05, 0.1) is 10.5 Å². The van der Waals surface area contributed by atoms with E-state index in [1.54, 1.807) is 112 Å². The van der Waals surface area contributed by atoms with Crippen LogP contribution in [0.25, 0.3) is 0 Å². The van der Waals surface area contributed by atoms with Gasteiger partial charge in [0.2, 0.25) is 0 Å². The van der Waals surface area contributed by atoms with Crippen molar-refractivity contribution in [3.63, 3.8) is 0 Å². The highest BCUT2D eigenvalue weighted by atomic mass is 31.2. The summed E-state index contributed by atoms with van der Waals surface area (Å²) in [5.74, 6) is -1.69. The molecule has 0 aliphatic heterocycles. The van der Waals surface area contributed by atoms with Crippen molar-refractivity contribution in [1.29, 1.82) is 0 Å². The molecule has 0 spiro atoms. The number of nitrogens with one attached hydrogen (secondary N) is 2. The topological polar surface area (TPSA) is 140 Å². The molecule has 222 valence electrons. The minimum Gasteiger partial charge on any atom is -0.414 e. The van der Waals surface area contributed by atoms with Crippen molar-refractivity contribution < 1.29 is 28.1 Å². The van der Waals surface area contributed by atoms with E-state index in [0.29, 0.717) is 5.56 Å². The summed E-state index contributed by atoms with van der Waals surface area (Å²) < 4.78 is 26.7. The second-order valence-electron chi connectivity index (χ2n) is 10.4. The molecule has 1 atom stereocenters. The maximum Gasteiger partial charge on any atom is 0.457 e. The zero-order valence-electron chi connectivity index (χ0n) is 23.7. The highest BCUT2D eigenvalue weighted by Gasteiger charge is 2.43. The van der Waals surface area contributed by atoms with Gasteiger partial charge in [-0.05, 0) is 62.7 Å². The highest BCUT2D eigenvalue weighted by Crippen LogP contribution is 2.59. The Bertz CT molecular complexity index is 1570. The van der Waals surface area contributed by atoms with E-state index in [4.69, 9.17) is 9.05 Å². The molecule has 0 saturated heterocycles. The number of hydrogen-bond donors (Lipinski definition) is 2. The van der Waals surface area contributed by atoms with Crippen molar-refractivity contribution in [2.75, 3.05) is 0 Å². The molecule has 0 aliphatic rings. The van der Waals surface area contributed by atoms with Crippen molar-refractivity contribution in [3.05, 3.63) is 137 Å². The molecule has 0 unspecified atom stereocenters. The Labute approximate surface area is 249 Å². The lowest BCUT2D eigenvalue weighted by atomic mass is 10.1. The van der Waals surface area contributed by atoms with Gasteiger partial charge in [-0.3, -0.25) is 14.9 Å². The molecule has 0 fully saturated rings. The number of nitrogens with zero attached hydrogens (tertiary/aromatic N) is 2. The summed E-state index contributed by atoms with van der Waals surface area (Å²) in [6, 6.07) is 29.2. The SMILES string of the molecule is CC(C)(C)N(NC(=O)N[C@@H](c1cccc([N+](=O)[O-])c1)P(=O)(Oc1ccccc1)Oc1ccccc1)C(=O)c1ccccc1. The first-order valence-electron chi connectivity index (χ1n) is 13.3. The van der Waals surface area contributed by atoms with E-state index in [0.717, 1.165) is 5.01 Å². The van der Waals surface area contributed by atoms with Crippen LogP contribution in [0.5, 0.6) is 11.5 Å². The van der Waals surface area contributed by atoms with Crippen LogP contribution in [0.15, 0.2) is 115 Å². The highest BCUT2D eigenvalue weighted by molar-refractivity contribution is 7.55. The number of carbonyl (C=O) groups is 2. The number of nitro benzene ring substituents is 1. The second kappa shape index (κ2) is 13.2. The lowest BCUT2D eigenvalue weighted by Gasteiger charge is -2.36. The lowest BCUT2D eigenvalue weighted by molar-refractivity contribution is -0.384. The Balaban J connectivity index is 1.76. The number of para-hydroxylation sites is 2.